The normalized spacial score (nSPS) is 11.5. The van der Waals surface area contributed by atoms with E-state index in [9.17, 15) is 13.2 Å². The van der Waals surface area contributed by atoms with Crippen molar-refractivity contribution in [3.8, 4) is 11.4 Å². The summed E-state index contributed by atoms with van der Waals surface area (Å²) in [6.07, 6.45) is -4.45. The Bertz CT molecular complexity index is 959. The van der Waals surface area contributed by atoms with Crippen molar-refractivity contribution in [1.82, 2.24) is 9.97 Å². The fourth-order valence-corrected chi connectivity index (χ4v) is 2.67. The van der Waals surface area contributed by atoms with Crippen molar-refractivity contribution in [2.24, 2.45) is 0 Å². The Morgan fingerprint density at radius 2 is 1.73 bits per heavy atom. The van der Waals surface area contributed by atoms with E-state index in [1.807, 2.05) is 19.1 Å². The van der Waals surface area contributed by atoms with Gasteiger partial charge in [-0.3, -0.25) is 0 Å². The van der Waals surface area contributed by atoms with Gasteiger partial charge in [0.15, 0.2) is 5.82 Å². The molecule has 26 heavy (non-hydrogen) atoms. The van der Waals surface area contributed by atoms with Gasteiger partial charge in [-0.1, -0.05) is 41.4 Å². The molecule has 3 nitrogen and oxygen atoms in total. The number of anilines is 2. The first kappa shape index (κ1) is 18.5. The van der Waals surface area contributed by atoms with Gasteiger partial charge in [0.25, 0.3) is 0 Å². The number of aromatic nitrogens is 2. The summed E-state index contributed by atoms with van der Waals surface area (Å²) in [7, 11) is 0. The Hall–Kier alpha value is -2.31. The second-order valence-corrected chi connectivity index (χ2v) is 6.38. The number of hydrogen-bond acceptors (Lipinski definition) is 3. The Labute approximate surface area is 157 Å². The highest BCUT2D eigenvalue weighted by Gasteiger charge is 2.30. The molecule has 3 aromatic rings. The summed E-state index contributed by atoms with van der Waals surface area (Å²) in [4.78, 5) is 8.28. The first-order valence-corrected chi connectivity index (χ1v) is 8.23. The van der Waals surface area contributed by atoms with Gasteiger partial charge in [-0.05, 0) is 36.8 Å². The van der Waals surface area contributed by atoms with Crippen LogP contribution in [0.5, 0.6) is 0 Å². The molecule has 1 heterocycles. The molecule has 0 aliphatic heterocycles. The van der Waals surface area contributed by atoms with Crippen LogP contribution in [-0.2, 0) is 6.18 Å². The van der Waals surface area contributed by atoms with Crippen molar-refractivity contribution in [2.75, 3.05) is 5.32 Å². The number of rotatable bonds is 3. The van der Waals surface area contributed by atoms with Crippen LogP contribution in [0.25, 0.3) is 11.4 Å². The zero-order valence-electron chi connectivity index (χ0n) is 13.4. The zero-order valence-corrected chi connectivity index (χ0v) is 14.9. The predicted octanol–water partition coefficient (Wildman–Crippen LogP) is 6.52. The molecule has 0 saturated heterocycles. The molecule has 0 radical (unpaired) electrons. The fraction of sp³-hybridized carbons (Fsp3) is 0.111. The number of benzene rings is 2. The summed E-state index contributed by atoms with van der Waals surface area (Å²) in [6.45, 7) is 1.91. The second kappa shape index (κ2) is 7.13. The van der Waals surface area contributed by atoms with Crippen molar-refractivity contribution < 1.29 is 13.2 Å². The summed E-state index contributed by atoms with van der Waals surface area (Å²) >= 11 is 12.2. The lowest BCUT2D eigenvalue weighted by molar-refractivity contribution is -0.137. The topological polar surface area (TPSA) is 37.8 Å². The number of hydrogen-bond donors (Lipinski definition) is 1. The Morgan fingerprint density at radius 1 is 0.962 bits per heavy atom. The molecule has 0 saturated carbocycles. The molecule has 134 valence electrons. The lowest BCUT2D eigenvalue weighted by atomic mass is 10.1. The number of nitrogens with zero attached hydrogens (tertiary/aromatic N) is 2. The first-order valence-electron chi connectivity index (χ1n) is 7.48. The number of alkyl halides is 3. The third-order valence-electron chi connectivity index (χ3n) is 3.53. The van der Waals surface area contributed by atoms with Crippen LogP contribution in [0.4, 0.5) is 24.7 Å². The summed E-state index contributed by atoms with van der Waals surface area (Å²) in [5.41, 5.74) is 1.02. The molecule has 2 aromatic carbocycles. The molecule has 0 aliphatic rings. The molecule has 1 N–H and O–H groups in total. The van der Waals surface area contributed by atoms with Gasteiger partial charge in [0.1, 0.15) is 11.0 Å². The molecule has 0 unspecified atom stereocenters. The SMILES string of the molecule is Cc1ccc(Cl)c(Nc2cc(Cl)nc(-c3cccc(C(F)(F)F)c3)n2)c1. The summed E-state index contributed by atoms with van der Waals surface area (Å²) in [6, 6.07) is 11.6. The number of nitrogens with one attached hydrogen (secondary N) is 1. The molecule has 8 heteroatoms. The zero-order chi connectivity index (χ0) is 18.9. The molecule has 0 spiro atoms. The molecule has 0 aliphatic carbocycles. The maximum atomic E-state index is 12.9. The maximum Gasteiger partial charge on any atom is 0.416 e. The number of halogens is 5. The monoisotopic (exact) mass is 397 g/mol. The number of aryl methyl sites for hydroxylation is 1. The first-order chi connectivity index (χ1) is 12.2. The van der Waals surface area contributed by atoms with E-state index in [1.54, 1.807) is 6.07 Å². The van der Waals surface area contributed by atoms with Crippen molar-refractivity contribution in [2.45, 2.75) is 13.1 Å². The van der Waals surface area contributed by atoms with Crippen LogP contribution >= 0.6 is 23.2 Å². The smallest absolute Gasteiger partial charge is 0.339 e. The molecule has 0 bridgehead atoms. The highest BCUT2D eigenvalue weighted by atomic mass is 35.5. The minimum atomic E-state index is -4.45. The highest BCUT2D eigenvalue weighted by Crippen LogP contribution is 2.32. The van der Waals surface area contributed by atoms with E-state index in [0.717, 1.165) is 17.7 Å². The third kappa shape index (κ3) is 4.26. The van der Waals surface area contributed by atoms with Gasteiger partial charge in [0, 0.05) is 11.6 Å². The minimum Gasteiger partial charge on any atom is -0.339 e. The van der Waals surface area contributed by atoms with E-state index < -0.39 is 11.7 Å². The van der Waals surface area contributed by atoms with Crippen LogP contribution < -0.4 is 5.32 Å². The summed E-state index contributed by atoms with van der Waals surface area (Å²) < 4.78 is 38.8. The quantitative estimate of drug-likeness (QED) is 0.511. The molecule has 3 rings (SSSR count). The van der Waals surface area contributed by atoms with Gasteiger partial charge in [-0.25, -0.2) is 9.97 Å². The maximum absolute atomic E-state index is 12.9. The van der Waals surface area contributed by atoms with Crippen LogP contribution in [-0.4, -0.2) is 9.97 Å². The average Bonchev–Trinajstić information content (AvgIpc) is 2.57. The van der Waals surface area contributed by atoms with Gasteiger partial charge in [0.2, 0.25) is 0 Å². The van der Waals surface area contributed by atoms with Gasteiger partial charge < -0.3 is 5.32 Å². The van der Waals surface area contributed by atoms with Gasteiger partial charge in [0.05, 0.1) is 16.3 Å². The largest absolute Gasteiger partial charge is 0.416 e. The van der Waals surface area contributed by atoms with Crippen LogP contribution in [0.2, 0.25) is 10.2 Å². The van der Waals surface area contributed by atoms with Crippen LogP contribution in [0.3, 0.4) is 0 Å². The van der Waals surface area contributed by atoms with Crippen LogP contribution in [0.1, 0.15) is 11.1 Å². The lowest BCUT2D eigenvalue weighted by Gasteiger charge is -2.11. The summed E-state index contributed by atoms with van der Waals surface area (Å²) in [5, 5.41) is 3.59. The molecule has 0 atom stereocenters. The van der Waals surface area contributed by atoms with Crippen molar-refractivity contribution in [3.63, 3.8) is 0 Å². The van der Waals surface area contributed by atoms with E-state index in [0.29, 0.717) is 16.5 Å². The average molecular weight is 398 g/mol. The molecule has 0 amide bonds. The Kier molecular flexibility index (Phi) is 5.07. The molecule has 0 fully saturated rings. The van der Waals surface area contributed by atoms with Crippen molar-refractivity contribution >= 4 is 34.7 Å². The van der Waals surface area contributed by atoms with Crippen LogP contribution in [0, 0.1) is 6.92 Å². The van der Waals surface area contributed by atoms with Gasteiger partial charge in [-0.2, -0.15) is 13.2 Å². The van der Waals surface area contributed by atoms with E-state index in [-0.39, 0.29) is 16.5 Å². The second-order valence-electron chi connectivity index (χ2n) is 5.59. The fourth-order valence-electron chi connectivity index (χ4n) is 2.32. The molecule has 1 aromatic heterocycles. The van der Waals surface area contributed by atoms with Gasteiger partial charge >= 0.3 is 6.18 Å². The van der Waals surface area contributed by atoms with E-state index in [2.05, 4.69) is 15.3 Å². The molecular formula is C18H12Cl2F3N3. The molecular weight excluding hydrogens is 386 g/mol. The Balaban J connectivity index is 1.99. The Morgan fingerprint density at radius 3 is 2.46 bits per heavy atom. The van der Waals surface area contributed by atoms with Crippen molar-refractivity contribution in [1.29, 1.82) is 0 Å². The van der Waals surface area contributed by atoms with Crippen molar-refractivity contribution in [3.05, 3.63) is 69.8 Å². The lowest BCUT2D eigenvalue weighted by Crippen LogP contribution is -2.05. The highest BCUT2D eigenvalue weighted by molar-refractivity contribution is 6.33. The predicted molar refractivity (Wildman–Crippen MR) is 97.0 cm³/mol. The van der Waals surface area contributed by atoms with Crippen LogP contribution in [0.15, 0.2) is 48.5 Å². The summed E-state index contributed by atoms with van der Waals surface area (Å²) in [5.74, 6) is 0.403. The standard InChI is InChI=1S/C18H12Cl2F3N3/c1-10-5-6-13(19)14(7-10)24-16-9-15(20)25-17(26-16)11-3-2-4-12(8-11)18(21,22)23/h2-9H,1H3,(H,24,25,26). The van der Waals surface area contributed by atoms with E-state index >= 15 is 0 Å². The van der Waals surface area contributed by atoms with Gasteiger partial charge in [-0.15, -0.1) is 0 Å². The third-order valence-corrected chi connectivity index (χ3v) is 4.05. The van der Waals surface area contributed by atoms with E-state index in [1.165, 1.54) is 18.2 Å². The minimum absolute atomic E-state index is 0.0786. The van der Waals surface area contributed by atoms with E-state index in [4.69, 9.17) is 23.2 Å².